The number of carboxylic acid groups (broad SMARTS) is 1. The van der Waals surface area contributed by atoms with Crippen molar-refractivity contribution in [3.05, 3.63) is 34.7 Å². The number of fused-ring (bicyclic) bond motifs is 2. The molecule has 28 heavy (non-hydrogen) atoms. The van der Waals surface area contributed by atoms with E-state index in [0.29, 0.717) is 19.5 Å². The number of amides is 2. The van der Waals surface area contributed by atoms with Crippen molar-refractivity contribution < 1.29 is 14.7 Å². The van der Waals surface area contributed by atoms with Crippen molar-refractivity contribution in [1.82, 2.24) is 15.2 Å². The molecular weight excluding hydrogens is 397 g/mol. The third-order valence-corrected chi connectivity index (χ3v) is 7.08. The highest BCUT2D eigenvalue weighted by molar-refractivity contribution is 7.22. The van der Waals surface area contributed by atoms with Crippen molar-refractivity contribution in [2.24, 2.45) is 0 Å². The van der Waals surface area contributed by atoms with Crippen molar-refractivity contribution in [2.45, 2.75) is 25.9 Å². The van der Waals surface area contributed by atoms with Crippen molar-refractivity contribution in [1.29, 1.82) is 0 Å². The average molecular weight is 418 g/mol. The number of nitrogens with zero attached hydrogens (tertiary/aromatic N) is 2. The molecule has 3 aromatic rings. The van der Waals surface area contributed by atoms with Crippen LogP contribution in [-0.2, 0) is 17.8 Å². The molecule has 1 aromatic carbocycles. The van der Waals surface area contributed by atoms with E-state index in [-0.39, 0.29) is 11.9 Å². The number of rotatable bonds is 4. The summed E-state index contributed by atoms with van der Waals surface area (Å²) in [5, 5.41) is 16.9. The molecule has 9 heteroatoms. The number of likely N-dealkylation sites (N-methyl/N-ethyl adjacent to an activating group) is 1. The van der Waals surface area contributed by atoms with Crippen LogP contribution in [0.1, 0.15) is 17.4 Å². The van der Waals surface area contributed by atoms with Crippen LogP contribution in [0.25, 0.3) is 20.8 Å². The molecule has 7 nitrogen and oxygen atoms in total. The molecule has 0 aliphatic carbocycles. The lowest BCUT2D eigenvalue weighted by atomic mass is 10.0. The number of benzene rings is 1. The van der Waals surface area contributed by atoms with E-state index < -0.39 is 6.09 Å². The summed E-state index contributed by atoms with van der Waals surface area (Å²) in [4.78, 5) is 31.0. The maximum atomic E-state index is 12.5. The molecule has 2 aromatic heterocycles. The smallest absolute Gasteiger partial charge is 0.407 e. The summed E-state index contributed by atoms with van der Waals surface area (Å²) in [7, 11) is 1.74. The lowest BCUT2D eigenvalue weighted by Crippen LogP contribution is -2.35. The van der Waals surface area contributed by atoms with E-state index in [9.17, 15) is 14.7 Å². The molecule has 0 spiro atoms. The van der Waals surface area contributed by atoms with Gasteiger partial charge in [0.15, 0.2) is 0 Å². The number of thiazole rings is 1. The first-order valence-corrected chi connectivity index (χ1v) is 10.6. The summed E-state index contributed by atoms with van der Waals surface area (Å²) in [6, 6.07) is 7.61. The predicted molar refractivity (Wildman–Crippen MR) is 112 cm³/mol. The van der Waals surface area contributed by atoms with E-state index in [1.807, 2.05) is 24.3 Å². The minimum Gasteiger partial charge on any atom is -0.465 e. The fourth-order valence-corrected chi connectivity index (χ4v) is 5.59. The zero-order valence-corrected chi connectivity index (χ0v) is 17.1. The van der Waals surface area contributed by atoms with Gasteiger partial charge in [0, 0.05) is 17.0 Å². The van der Waals surface area contributed by atoms with Crippen molar-refractivity contribution >= 4 is 49.9 Å². The second kappa shape index (κ2) is 7.50. The first-order chi connectivity index (χ1) is 13.5. The highest BCUT2D eigenvalue weighted by Gasteiger charge is 2.29. The minimum atomic E-state index is -0.921. The molecule has 1 atom stereocenters. The molecule has 1 aliphatic heterocycles. The summed E-state index contributed by atoms with van der Waals surface area (Å²) < 4.78 is 1.08. The molecule has 0 saturated heterocycles. The number of hydrogen-bond acceptors (Lipinski definition) is 6. The molecule has 0 saturated carbocycles. The zero-order valence-electron chi connectivity index (χ0n) is 15.5. The van der Waals surface area contributed by atoms with Crippen LogP contribution in [0, 0.1) is 0 Å². The van der Waals surface area contributed by atoms with E-state index in [2.05, 4.69) is 10.6 Å². The Morgan fingerprint density at radius 2 is 2.07 bits per heavy atom. The van der Waals surface area contributed by atoms with Crippen LogP contribution in [0.2, 0.25) is 0 Å². The summed E-state index contributed by atoms with van der Waals surface area (Å²) in [6.07, 6.45) is -0.309. The minimum absolute atomic E-state index is 0.126. The summed E-state index contributed by atoms with van der Waals surface area (Å²) in [5.74, 6) is -0.126. The van der Waals surface area contributed by atoms with Crippen molar-refractivity contribution in [2.75, 3.05) is 18.9 Å². The van der Waals surface area contributed by atoms with Gasteiger partial charge in [-0.15, -0.1) is 22.7 Å². The molecule has 1 aliphatic rings. The number of hydrogen-bond donors (Lipinski definition) is 3. The molecule has 3 N–H and O–H groups in total. The van der Waals surface area contributed by atoms with Gasteiger partial charge in [-0.3, -0.25) is 4.79 Å². The summed E-state index contributed by atoms with van der Waals surface area (Å²) in [6.45, 7) is 2.58. The fraction of sp³-hybridized carbons (Fsp3) is 0.316. The number of anilines is 1. The third kappa shape index (κ3) is 3.36. The summed E-state index contributed by atoms with van der Waals surface area (Å²) in [5.41, 5.74) is 2.95. The Morgan fingerprint density at radius 1 is 1.29 bits per heavy atom. The first-order valence-electron chi connectivity index (χ1n) is 8.94. The van der Waals surface area contributed by atoms with Crippen LogP contribution in [0.3, 0.4) is 0 Å². The number of carbonyl (C=O) groups is 2. The number of aromatic nitrogens is 1. The Bertz CT molecular complexity index is 1030. The van der Waals surface area contributed by atoms with Crippen LogP contribution in [0.4, 0.5) is 9.80 Å². The molecule has 3 heterocycles. The number of carbonyl (C=O) groups excluding carboxylic acids is 1. The maximum absolute atomic E-state index is 12.5. The van der Waals surface area contributed by atoms with Gasteiger partial charge in [-0.25, -0.2) is 9.78 Å². The lowest BCUT2D eigenvalue weighted by molar-refractivity contribution is -0.117. The quantitative estimate of drug-likeness (QED) is 0.603. The molecule has 2 amide bonds. The van der Waals surface area contributed by atoms with E-state index >= 15 is 0 Å². The van der Waals surface area contributed by atoms with Gasteiger partial charge in [0.05, 0.1) is 22.8 Å². The molecular formula is C19H20N4O3S2. The van der Waals surface area contributed by atoms with Gasteiger partial charge in [-0.2, -0.15) is 0 Å². The second-order valence-electron chi connectivity index (χ2n) is 6.65. The van der Waals surface area contributed by atoms with Crippen LogP contribution in [0.15, 0.2) is 24.3 Å². The van der Waals surface area contributed by atoms with E-state index in [1.54, 1.807) is 25.3 Å². The Balaban J connectivity index is 1.80. The average Bonchev–Trinajstić information content (AvgIpc) is 3.26. The molecule has 0 bridgehead atoms. The Hall–Kier alpha value is -2.49. The molecule has 4 rings (SSSR count). The lowest BCUT2D eigenvalue weighted by Gasteiger charge is -2.24. The van der Waals surface area contributed by atoms with Gasteiger partial charge >= 0.3 is 6.09 Å². The second-order valence-corrected chi connectivity index (χ2v) is 8.78. The zero-order chi connectivity index (χ0) is 19.8. The topological polar surface area (TPSA) is 94.6 Å². The maximum Gasteiger partial charge on any atom is 0.407 e. The molecule has 1 unspecified atom stereocenters. The van der Waals surface area contributed by atoms with Gasteiger partial charge < -0.3 is 20.6 Å². The molecule has 0 fully saturated rings. The Kier molecular flexibility index (Phi) is 5.05. The largest absolute Gasteiger partial charge is 0.465 e. The van der Waals surface area contributed by atoms with Crippen molar-refractivity contribution in [3.8, 4) is 10.6 Å². The van der Waals surface area contributed by atoms with Gasteiger partial charge in [0.1, 0.15) is 10.0 Å². The third-order valence-electron chi connectivity index (χ3n) is 4.90. The van der Waals surface area contributed by atoms with Gasteiger partial charge in [-0.05, 0) is 38.1 Å². The first kappa shape index (κ1) is 18.9. The molecule has 146 valence electrons. The van der Waals surface area contributed by atoms with E-state index in [1.165, 1.54) is 16.2 Å². The van der Waals surface area contributed by atoms with Gasteiger partial charge in [-0.1, -0.05) is 12.1 Å². The monoisotopic (exact) mass is 417 g/mol. The van der Waals surface area contributed by atoms with E-state index in [0.717, 1.165) is 36.2 Å². The normalized spacial score (nSPS) is 14.7. The fourth-order valence-electron chi connectivity index (χ4n) is 3.21. The van der Waals surface area contributed by atoms with Crippen molar-refractivity contribution in [3.63, 3.8) is 0 Å². The van der Waals surface area contributed by atoms with Gasteiger partial charge in [0.25, 0.3) is 0 Å². The molecule has 0 radical (unpaired) electrons. The van der Waals surface area contributed by atoms with Crippen LogP contribution < -0.4 is 10.6 Å². The van der Waals surface area contributed by atoms with Crippen LogP contribution >= 0.6 is 22.7 Å². The van der Waals surface area contributed by atoms with Crippen LogP contribution in [-0.4, -0.2) is 46.6 Å². The highest BCUT2D eigenvalue weighted by Crippen LogP contribution is 2.45. The number of nitrogens with one attached hydrogen (secondary N) is 2. The predicted octanol–water partition coefficient (Wildman–Crippen LogP) is 3.61. The Morgan fingerprint density at radius 3 is 2.79 bits per heavy atom. The van der Waals surface area contributed by atoms with Crippen LogP contribution in [0.5, 0.6) is 0 Å². The SMILES string of the molecule is CNC(C)C(=O)Nc1sc2c(c1-c1[15n]c3ccccc3s1)CCN(C(=O)O)C2. The Labute approximate surface area is 170 Å². The van der Waals surface area contributed by atoms with Gasteiger partial charge in [0.2, 0.25) is 5.91 Å². The summed E-state index contributed by atoms with van der Waals surface area (Å²) >= 11 is 3.04. The highest BCUT2D eigenvalue weighted by atomic mass is 32.1. The number of para-hydroxylation sites is 1. The number of thiophene rings is 1. The standard InChI is InChI=1S/C19H20N4O3S2/c1-10(20-2)16(24)22-18-15(17-21-12-5-3-4-6-13(12)27-17)11-7-8-23(19(25)26)9-14(11)28-18/h3-6,10,20H,7-9H2,1-2H3,(H,22,24)(H,25,26)/i21+1. The van der Waals surface area contributed by atoms with E-state index in [4.69, 9.17) is 4.98 Å².